The molecule has 0 radical (unpaired) electrons. The maximum absolute atomic E-state index is 12.8. The van der Waals surface area contributed by atoms with E-state index in [1.807, 2.05) is 6.07 Å². The summed E-state index contributed by atoms with van der Waals surface area (Å²) in [4.78, 5) is 19.6. The first kappa shape index (κ1) is 24.1. The summed E-state index contributed by atoms with van der Waals surface area (Å²) >= 11 is 0. The maximum Gasteiger partial charge on any atom is 0.417 e. The Morgan fingerprint density at radius 3 is 2.36 bits per heavy atom. The minimum atomic E-state index is -4.52. The van der Waals surface area contributed by atoms with Gasteiger partial charge in [0.2, 0.25) is 10.0 Å². The Kier molecular flexibility index (Phi) is 7.29. The van der Waals surface area contributed by atoms with Crippen LogP contribution in [-0.2, 0) is 29.3 Å². The van der Waals surface area contributed by atoms with Gasteiger partial charge in [0.05, 0.1) is 22.7 Å². The van der Waals surface area contributed by atoms with Crippen LogP contribution in [0.25, 0.3) is 0 Å². The third-order valence-electron chi connectivity index (χ3n) is 4.53. The fourth-order valence-electron chi connectivity index (χ4n) is 2.75. The van der Waals surface area contributed by atoms with Crippen LogP contribution >= 0.6 is 0 Å². The summed E-state index contributed by atoms with van der Waals surface area (Å²) in [6, 6.07) is 10.6. The van der Waals surface area contributed by atoms with Crippen molar-refractivity contribution in [1.29, 1.82) is 0 Å². The molecule has 0 bridgehead atoms. The van der Waals surface area contributed by atoms with Crippen LogP contribution in [-0.4, -0.2) is 35.8 Å². The fourth-order valence-corrected chi connectivity index (χ4v) is 3.89. The van der Waals surface area contributed by atoms with Gasteiger partial charge in [-0.1, -0.05) is 6.07 Å². The van der Waals surface area contributed by atoms with Crippen molar-refractivity contribution in [3.05, 3.63) is 83.9 Å². The molecule has 0 aliphatic rings. The number of aromatic nitrogens is 2. The number of carbonyl (C=O) groups excluding carboxylic acids is 1. The van der Waals surface area contributed by atoms with Crippen molar-refractivity contribution in [1.82, 2.24) is 19.6 Å². The van der Waals surface area contributed by atoms with Crippen LogP contribution in [0.1, 0.15) is 16.8 Å². The largest absolute Gasteiger partial charge is 0.417 e. The third kappa shape index (κ3) is 6.49. The number of benzene rings is 1. The average Bonchev–Trinajstić information content (AvgIpc) is 2.78. The first-order chi connectivity index (χ1) is 15.6. The Labute approximate surface area is 188 Å². The van der Waals surface area contributed by atoms with E-state index in [-0.39, 0.29) is 23.7 Å². The zero-order chi connectivity index (χ0) is 24.1. The van der Waals surface area contributed by atoms with Crippen LogP contribution in [0.3, 0.4) is 0 Å². The molecule has 0 aliphatic heterocycles. The smallest absolute Gasteiger partial charge is 0.334 e. The van der Waals surface area contributed by atoms with Crippen LogP contribution in [0.5, 0.6) is 0 Å². The van der Waals surface area contributed by atoms with E-state index in [0.29, 0.717) is 11.9 Å². The summed E-state index contributed by atoms with van der Waals surface area (Å²) < 4.78 is 64.5. The quantitative estimate of drug-likeness (QED) is 0.539. The number of pyridine rings is 2. The van der Waals surface area contributed by atoms with Crippen LogP contribution in [0.2, 0.25) is 0 Å². The first-order valence-corrected chi connectivity index (χ1v) is 11.0. The highest BCUT2D eigenvalue weighted by Crippen LogP contribution is 2.28. The zero-order valence-electron chi connectivity index (χ0n) is 17.4. The highest BCUT2D eigenvalue weighted by Gasteiger charge is 2.31. The summed E-state index contributed by atoms with van der Waals surface area (Å²) in [5.74, 6) is 0. The van der Waals surface area contributed by atoms with Gasteiger partial charge < -0.3 is 10.6 Å². The number of alkyl halides is 3. The zero-order valence-corrected chi connectivity index (χ0v) is 18.2. The van der Waals surface area contributed by atoms with E-state index in [9.17, 15) is 26.4 Å². The number of nitrogens with one attached hydrogen (secondary N) is 2. The lowest BCUT2D eigenvalue weighted by Gasteiger charge is -2.17. The number of hydrogen-bond donors (Lipinski definition) is 2. The van der Waals surface area contributed by atoms with Crippen LogP contribution < -0.4 is 10.6 Å². The molecule has 0 saturated carbocycles. The standard InChI is InChI=1S/C21H20F3N5O3S/c1-29(14-18-5-4-16(13-26-18)21(22,23)24)33(31,32)19-8-6-17(7-9-19)28-20(30)27-12-15-3-2-10-25-11-15/h2-11,13H,12,14H2,1H3,(H2,27,28,30). The van der Waals surface area contributed by atoms with Gasteiger partial charge in [-0.05, 0) is 48.0 Å². The molecule has 0 fully saturated rings. The molecular formula is C21H20F3N5O3S. The van der Waals surface area contributed by atoms with Crippen molar-refractivity contribution in [3.63, 3.8) is 0 Å². The molecule has 8 nitrogen and oxygen atoms in total. The van der Waals surface area contributed by atoms with Gasteiger partial charge in [-0.2, -0.15) is 17.5 Å². The van der Waals surface area contributed by atoms with Crippen LogP contribution in [0.4, 0.5) is 23.7 Å². The predicted octanol–water partition coefficient (Wildman–Crippen LogP) is 3.64. The highest BCUT2D eigenvalue weighted by molar-refractivity contribution is 7.89. The van der Waals surface area contributed by atoms with Gasteiger partial charge in [0.25, 0.3) is 0 Å². The molecule has 0 aliphatic carbocycles. The lowest BCUT2D eigenvalue weighted by atomic mass is 10.2. The molecule has 12 heteroatoms. The predicted molar refractivity (Wildman–Crippen MR) is 114 cm³/mol. The summed E-state index contributed by atoms with van der Waals surface area (Å²) in [5.41, 5.74) is 0.450. The Bertz CT molecular complexity index is 1190. The minimum Gasteiger partial charge on any atom is -0.334 e. The molecule has 2 aromatic heterocycles. The fraction of sp³-hybridized carbons (Fsp3) is 0.190. The summed E-state index contributed by atoms with van der Waals surface area (Å²) in [6.07, 6.45) is -0.613. The van der Waals surface area contributed by atoms with Gasteiger partial charge in [-0.3, -0.25) is 9.97 Å². The summed E-state index contributed by atoms with van der Waals surface area (Å²) in [6.45, 7) is 0.0616. The molecule has 3 rings (SSSR count). The van der Waals surface area contributed by atoms with E-state index < -0.39 is 27.8 Å². The van der Waals surface area contributed by atoms with E-state index >= 15 is 0 Å². The lowest BCUT2D eigenvalue weighted by molar-refractivity contribution is -0.137. The van der Waals surface area contributed by atoms with Gasteiger partial charge in [-0.25, -0.2) is 13.2 Å². The van der Waals surface area contributed by atoms with Crippen LogP contribution in [0.15, 0.2) is 72.0 Å². The van der Waals surface area contributed by atoms with Crippen molar-refractivity contribution in [3.8, 4) is 0 Å². The Hall–Kier alpha value is -3.51. The SMILES string of the molecule is CN(Cc1ccc(C(F)(F)F)cn1)S(=O)(=O)c1ccc(NC(=O)NCc2cccnc2)cc1. The Balaban J connectivity index is 1.59. The van der Waals surface area contributed by atoms with E-state index in [2.05, 4.69) is 20.6 Å². The van der Waals surface area contributed by atoms with Gasteiger partial charge in [0, 0.05) is 37.9 Å². The average molecular weight is 479 g/mol. The second-order valence-corrected chi connectivity index (χ2v) is 9.04. The number of amides is 2. The van der Waals surface area contributed by atoms with Crippen molar-refractivity contribution in [2.75, 3.05) is 12.4 Å². The number of anilines is 1. The molecular weight excluding hydrogens is 459 g/mol. The van der Waals surface area contributed by atoms with Gasteiger partial charge in [-0.15, -0.1) is 0 Å². The molecule has 2 heterocycles. The number of sulfonamides is 1. The van der Waals surface area contributed by atoms with Gasteiger partial charge >= 0.3 is 12.2 Å². The van der Waals surface area contributed by atoms with Crippen molar-refractivity contribution in [2.24, 2.45) is 0 Å². The molecule has 3 aromatic rings. The van der Waals surface area contributed by atoms with Crippen molar-refractivity contribution < 1.29 is 26.4 Å². The van der Waals surface area contributed by atoms with Crippen LogP contribution in [0, 0.1) is 0 Å². The normalized spacial score (nSPS) is 11.9. The van der Waals surface area contributed by atoms with Gasteiger partial charge in [0.15, 0.2) is 0 Å². The number of rotatable bonds is 7. The minimum absolute atomic E-state index is 0.0433. The highest BCUT2D eigenvalue weighted by atomic mass is 32.2. The van der Waals surface area contributed by atoms with Crippen molar-refractivity contribution >= 4 is 21.7 Å². The molecule has 0 unspecified atom stereocenters. The molecule has 1 aromatic carbocycles. The Morgan fingerprint density at radius 2 is 1.79 bits per heavy atom. The van der Waals surface area contributed by atoms with Gasteiger partial charge in [0.1, 0.15) is 0 Å². The number of nitrogens with zero attached hydrogens (tertiary/aromatic N) is 3. The molecule has 0 spiro atoms. The third-order valence-corrected chi connectivity index (χ3v) is 6.35. The molecule has 2 N–H and O–H groups in total. The molecule has 33 heavy (non-hydrogen) atoms. The lowest BCUT2D eigenvalue weighted by Crippen LogP contribution is -2.28. The monoisotopic (exact) mass is 479 g/mol. The molecule has 0 atom stereocenters. The second-order valence-electron chi connectivity index (χ2n) is 6.99. The van der Waals surface area contributed by atoms with E-state index in [1.165, 1.54) is 31.3 Å². The summed E-state index contributed by atoms with van der Waals surface area (Å²) in [7, 11) is -2.63. The number of urea groups is 1. The number of halogens is 3. The summed E-state index contributed by atoms with van der Waals surface area (Å²) in [5, 5.41) is 5.25. The van der Waals surface area contributed by atoms with E-state index in [0.717, 1.165) is 22.0 Å². The topological polar surface area (TPSA) is 104 Å². The Morgan fingerprint density at radius 1 is 1.06 bits per heavy atom. The first-order valence-electron chi connectivity index (χ1n) is 9.58. The molecule has 0 saturated heterocycles. The molecule has 174 valence electrons. The second kappa shape index (κ2) is 9.96. The number of hydrogen-bond acceptors (Lipinski definition) is 5. The maximum atomic E-state index is 12.8. The van der Waals surface area contributed by atoms with E-state index in [1.54, 1.807) is 18.5 Å². The van der Waals surface area contributed by atoms with Crippen molar-refractivity contribution in [2.45, 2.75) is 24.2 Å². The number of carbonyl (C=O) groups is 1. The molecule has 2 amide bonds. The van der Waals surface area contributed by atoms with E-state index in [4.69, 9.17) is 0 Å².